The van der Waals surface area contributed by atoms with Crippen LogP contribution in [-0.4, -0.2) is 55.0 Å². The Morgan fingerprint density at radius 3 is 2.28 bits per heavy atom. The molecule has 0 atom stereocenters. The number of carbonyl (C=O) groups is 3. The van der Waals surface area contributed by atoms with Gasteiger partial charge in [0.15, 0.2) is 17.3 Å². The Balaban J connectivity index is 1.74. The highest BCUT2D eigenvalue weighted by Gasteiger charge is 2.30. The largest absolute Gasteiger partial charge is 0.493 e. The van der Waals surface area contributed by atoms with Crippen molar-refractivity contribution in [2.45, 2.75) is 0 Å². The fourth-order valence-electron chi connectivity index (χ4n) is 2.91. The van der Waals surface area contributed by atoms with Crippen LogP contribution in [0, 0.1) is 0 Å². The number of carbonyl (C=O) groups excluding carboxylic acids is 3. The molecule has 3 rings (SSSR count). The van der Waals surface area contributed by atoms with Crippen LogP contribution >= 0.6 is 0 Å². The number of β-amino-alcohol motifs (C(OH)–C–C–N with tert-alkyl or cyclic N) is 1. The zero-order valence-electron chi connectivity index (χ0n) is 16.0. The number of amides is 2. The number of imide groups is 1. The smallest absolute Gasteiger partial charge is 0.277 e. The van der Waals surface area contributed by atoms with Gasteiger partial charge in [-0.15, -0.1) is 0 Å². The number of hydrogen-bond donors (Lipinski definition) is 2. The van der Waals surface area contributed by atoms with Gasteiger partial charge in [-0.1, -0.05) is 0 Å². The monoisotopic (exact) mass is 396 g/mol. The first-order chi connectivity index (χ1) is 14.0. The molecule has 2 aromatic carbocycles. The van der Waals surface area contributed by atoms with Crippen molar-refractivity contribution in [1.82, 2.24) is 4.90 Å². The molecule has 1 aliphatic heterocycles. The number of nitrogens with zero attached hydrogens (tertiary/aromatic N) is 1. The van der Waals surface area contributed by atoms with Crippen LogP contribution in [0.25, 0.3) is 0 Å². The number of ether oxygens (including phenoxy) is 2. The number of ketones is 1. The van der Waals surface area contributed by atoms with Gasteiger partial charge in [0.25, 0.3) is 11.8 Å². The Labute approximate surface area is 167 Å². The maximum atomic E-state index is 12.7. The van der Waals surface area contributed by atoms with Crippen molar-refractivity contribution in [2.24, 2.45) is 0 Å². The van der Waals surface area contributed by atoms with Gasteiger partial charge in [0.1, 0.15) is 5.70 Å². The summed E-state index contributed by atoms with van der Waals surface area (Å²) < 4.78 is 10.4. The first-order valence-electron chi connectivity index (χ1n) is 8.80. The highest BCUT2D eigenvalue weighted by Crippen LogP contribution is 2.28. The molecule has 0 unspecified atom stereocenters. The van der Waals surface area contributed by atoms with Gasteiger partial charge >= 0.3 is 0 Å². The Hall–Kier alpha value is -3.65. The Morgan fingerprint density at radius 2 is 1.66 bits per heavy atom. The van der Waals surface area contributed by atoms with Crippen LogP contribution in [0.4, 0.5) is 5.69 Å². The molecular weight excluding hydrogens is 376 g/mol. The molecular formula is C21H20N2O6. The van der Waals surface area contributed by atoms with Crippen molar-refractivity contribution in [2.75, 3.05) is 32.7 Å². The highest BCUT2D eigenvalue weighted by molar-refractivity contribution is 6.17. The van der Waals surface area contributed by atoms with E-state index < -0.39 is 11.8 Å². The van der Waals surface area contributed by atoms with Gasteiger partial charge in [0.05, 0.1) is 27.4 Å². The number of aliphatic hydroxyl groups is 1. The highest BCUT2D eigenvalue weighted by atomic mass is 16.5. The summed E-state index contributed by atoms with van der Waals surface area (Å²) in [5.74, 6) is -0.192. The molecule has 0 saturated heterocycles. The van der Waals surface area contributed by atoms with E-state index in [1.165, 1.54) is 20.3 Å². The summed E-state index contributed by atoms with van der Waals surface area (Å²) in [6, 6.07) is 11.4. The van der Waals surface area contributed by atoms with Crippen LogP contribution in [0.2, 0.25) is 0 Å². The number of rotatable bonds is 8. The van der Waals surface area contributed by atoms with Crippen molar-refractivity contribution in [3.8, 4) is 11.5 Å². The van der Waals surface area contributed by atoms with Crippen LogP contribution in [0.3, 0.4) is 0 Å². The molecule has 0 spiro atoms. The third-order valence-corrected chi connectivity index (χ3v) is 4.40. The second-order valence-corrected chi connectivity index (χ2v) is 6.18. The molecule has 8 heteroatoms. The zero-order valence-corrected chi connectivity index (χ0v) is 16.0. The third kappa shape index (κ3) is 4.12. The van der Waals surface area contributed by atoms with E-state index >= 15 is 0 Å². The molecule has 2 N–H and O–H groups in total. The number of methoxy groups -OCH3 is 2. The first-order valence-corrected chi connectivity index (χ1v) is 8.80. The minimum Gasteiger partial charge on any atom is -0.493 e. The van der Waals surface area contributed by atoms with Gasteiger partial charge in [-0.2, -0.15) is 0 Å². The average Bonchev–Trinajstić information content (AvgIpc) is 3.01. The summed E-state index contributed by atoms with van der Waals surface area (Å²) in [4.78, 5) is 37.6. The van der Waals surface area contributed by atoms with Crippen LogP contribution in [-0.2, 0) is 9.59 Å². The summed E-state index contributed by atoms with van der Waals surface area (Å²) in [6.07, 6.45) is 1.18. The van der Waals surface area contributed by atoms with Crippen molar-refractivity contribution in [1.29, 1.82) is 0 Å². The van der Waals surface area contributed by atoms with E-state index in [0.29, 0.717) is 28.3 Å². The molecule has 29 heavy (non-hydrogen) atoms. The van der Waals surface area contributed by atoms with Gasteiger partial charge < -0.3 is 19.9 Å². The van der Waals surface area contributed by atoms with E-state index in [1.54, 1.807) is 42.5 Å². The Kier molecular flexibility index (Phi) is 5.94. The van der Waals surface area contributed by atoms with E-state index in [2.05, 4.69) is 5.32 Å². The molecule has 2 amide bonds. The normalized spacial score (nSPS) is 13.3. The molecule has 1 heterocycles. The summed E-state index contributed by atoms with van der Waals surface area (Å²) in [6.45, 7) is -0.357. The predicted molar refractivity (Wildman–Crippen MR) is 105 cm³/mol. The van der Waals surface area contributed by atoms with Gasteiger partial charge in [-0.3, -0.25) is 19.3 Å². The molecule has 8 nitrogen and oxygen atoms in total. The van der Waals surface area contributed by atoms with Gasteiger partial charge in [-0.05, 0) is 42.5 Å². The van der Waals surface area contributed by atoms with E-state index in [-0.39, 0.29) is 24.6 Å². The van der Waals surface area contributed by atoms with Gasteiger partial charge in [-0.25, -0.2) is 0 Å². The molecule has 0 bridgehead atoms. The molecule has 0 saturated carbocycles. The number of nitrogens with one attached hydrogen (secondary N) is 1. The quantitative estimate of drug-likeness (QED) is 0.516. The number of anilines is 1. The summed E-state index contributed by atoms with van der Waals surface area (Å²) in [5, 5.41) is 11.8. The lowest BCUT2D eigenvalue weighted by Crippen LogP contribution is -2.34. The molecule has 0 aliphatic carbocycles. The van der Waals surface area contributed by atoms with Crippen molar-refractivity contribution in [3.63, 3.8) is 0 Å². The minimum absolute atomic E-state index is 0.0574. The lowest BCUT2D eigenvalue weighted by atomic mass is 10.0. The molecule has 1 aliphatic rings. The van der Waals surface area contributed by atoms with Gasteiger partial charge in [0.2, 0.25) is 0 Å². The van der Waals surface area contributed by atoms with E-state index in [1.807, 2.05) is 0 Å². The van der Waals surface area contributed by atoms with E-state index in [4.69, 9.17) is 14.6 Å². The zero-order chi connectivity index (χ0) is 21.0. The number of hydrogen-bond acceptors (Lipinski definition) is 7. The molecule has 150 valence electrons. The second-order valence-electron chi connectivity index (χ2n) is 6.18. The van der Waals surface area contributed by atoms with E-state index in [0.717, 1.165) is 4.90 Å². The van der Waals surface area contributed by atoms with Crippen molar-refractivity contribution < 1.29 is 29.0 Å². The fourth-order valence-corrected chi connectivity index (χ4v) is 2.91. The number of benzene rings is 2. The standard InChI is InChI=1S/C21H20N2O6/c1-28-17-8-5-14(11-18(17)29-2)20(26)13-3-6-15(7-4-13)22-16-12-19(25)23(9-10-24)21(16)27/h3-8,11-12,22,24H,9-10H2,1-2H3. The lowest BCUT2D eigenvalue weighted by molar-refractivity contribution is -0.137. The van der Waals surface area contributed by atoms with Crippen molar-refractivity contribution >= 4 is 23.3 Å². The second kappa shape index (κ2) is 8.57. The summed E-state index contributed by atoms with van der Waals surface area (Å²) >= 11 is 0. The fraction of sp³-hybridized carbons (Fsp3) is 0.190. The molecule has 2 aromatic rings. The van der Waals surface area contributed by atoms with Crippen LogP contribution < -0.4 is 14.8 Å². The maximum absolute atomic E-state index is 12.7. The molecule has 0 fully saturated rings. The van der Waals surface area contributed by atoms with Gasteiger partial charge in [0, 0.05) is 22.9 Å². The SMILES string of the molecule is COc1ccc(C(=O)c2ccc(NC3=CC(=O)N(CCO)C3=O)cc2)cc1OC. The lowest BCUT2D eigenvalue weighted by Gasteiger charge is -2.13. The van der Waals surface area contributed by atoms with Crippen LogP contribution in [0.15, 0.2) is 54.2 Å². The molecule has 0 radical (unpaired) electrons. The third-order valence-electron chi connectivity index (χ3n) is 4.40. The van der Waals surface area contributed by atoms with E-state index in [9.17, 15) is 14.4 Å². The van der Waals surface area contributed by atoms with Crippen LogP contribution in [0.5, 0.6) is 11.5 Å². The van der Waals surface area contributed by atoms with Crippen molar-refractivity contribution in [3.05, 3.63) is 65.4 Å². The Morgan fingerprint density at radius 1 is 1.00 bits per heavy atom. The topological polar surface area (TPSA) is 105 Å². The predicted octanol–water partition coefficient (Wildman–Crippen LogP) is 1.59. The maximum Gasteiger partial charge on any atom is 0.277 e. The minimum atomic E-state index is -0.505. The Bertz CT molecular complexity index is 981. The van der Waals surface area contributed by atoms with Crippen LogP contribution in [0.1, 0.15) is 15.9 Å². The number of aliphatic hydroxyl groups excluding tert-OH is 1. The first kappa shape index (κ1) is 20.1. The molecule has 0 aromatic heterocycles. The summed E-state index contributed by atoms with van der Waals surface area (Å²) in [5.41, 5.74) is 1.56. The summed E-state index contributed by atoms with van der Waals surface area (Å²) in [7, 11) is 3.02. The average molecular weight is 396 g/mol.